The van der Waals surface area contributed by atoms with Crippen LogP contribution in [0.3, 0.4) is 0 Å². The molecule has 0 aliphatic heterocycles. The third-order valence-electron chi connectivity index (χ3n) is 2.76. The van der Waals surface area contributed by atoms with Crippen molar-refractivity contribution in [2.24, 2.45) is 0 Å². The van der Waals surface area contributed by atoms with E-state index in [0.29, 0.717) is 4.88 Å². The minimum atomic E-state index is -0.0726. The fourth-order valence-corrected chi connectivity index (χ4v) is 3.17. The van der Waals surface area contributed by atoms with Crippen LogP contribution in [0.15, 0.2) is 40.2 Å². The predicted molar refractivity (Wildman–Crippen MR) is 80.9 cm³/mol. The molecule has 2 rings (SSSR count). The molecule has 1 heterocycles. The van der Waals surface area contributed by atoms with Crippen LogP contribution in [0.1, 0.15) is 28.2 Å². The Morgan fingerprint density at radius 1 is 1.42 bits per heavy atom. The Morgan fingerprint density at radius 2 is 2.21 bits per heavy atom. The van der Waals surface area contributed by atoms with Crippen molar-refractivity contribution < 1.29 is 9.53 Å². The van der Waals surface area contributed by atoms with Crippen molar-refractivity contribution in [1.29, 1.82) is 0 Å². The van der Waals surface area contributed by atoms with E-state index < -0.39 is 0 Å². The Labute approximate surface area is 124 Å². The first-order chi connectivity index (χ1) is 9.11. The molecule has 1 N–H and O–H groups in total. The lowest BCUT2D eigenvalue weighted by molar-refractivity contribution is 0.0943. The maximum atomic E-state index is 12.1. The number of thiophene rings is 1. The lowest BCUT2D eigenvalue weighted by Gasteiger charge is -2.14. The molecule has 0 bridgehead atoms. The van der Waals surface area contributed by atoms with E-state index in [1.807, 2.05) is 42.6 Å². The van der Waals surface area contributed by atoms with Gasteiger partial charge in [-0.15, -0.1) is 11.3 Å². The number of carbonyl (C=O) groups is 1. The fourth-order valence-electron chi connectivity index (χ4n) is 1.71. The third-order valence-corrected chi connectivity index (χ3v) is 4.60. The van der Waals surface area contributed by atoms with Gasteiger partial charge in [0.25, 0.3) is 5.91 Å². The lowest BCUT2D eigenvalue weighted by atomic mass is 10.1. The van der Waals surface area contributed by atoms with Gasteiger partial charge in [0.1, 0.15) is 10.6 Å². The Morgan fingerprint density at radius 3 is 2.84 bits per heavy atom. The number of hydrogen-bond acceptors (Lipinski definition) is 3. The number of hydrogen-bond donors (Lipinski definition) is 1. The third kappa shape index (κ3) is 3.36. The molecule has 19 heavy (non-hydrogen) atoms. The summed E-state index contributed by atoms with van der Waals surface area (Å²) in [6, 6.07) is 9.49. The normalized spacial score (nSPS) is 11.9. The molecule has 1 aromatic heterocycles. The van der Waals surface area contributed by atoms with Crippen LogP contribution in [0.4, 0.5) is 0 Å². The van der Waals surface area contributed by atoms with E-state index in [1.165, 1.54) is 11.3 Å². The van der Waals surface area contributed by atoms with Gasteiger partial charge in [-0.2, -0.15) is 0 Å². The topological polar surface area (TPSA) is 38.3 Å². The Hall–Kier alpha value is -1.33. The van der Waals surface area contributed by atoms with Crippen molar-refractivity contribution in [3.8, 4) is 5.75 Å². The molecule has 1 amide bonds. The van der Waals surface area contributed by atoms with E-state index in [-0.39, 0.29) is 11.9 Å². The summed E-state index contributed by atoms with van der Waals surface area (Å²) >= 11 is 4.78. The molecule has 5 heteroatoms. The van der Waals surface area contributed by atoms with Crippen LogP contribution < -0.4 is 10.1 Å². The zero-order valence-electron chi connectivity index (χ0n) is 10.6. The van der Waals surface area contributed by atoms with E-state index in [2.05, 4.69) is 21.2 Å². The standard InChI is InChI=1S/C14H14BrNO2S/c1-9(10-4-3-5-11(8-10)18-2)16-14(17)13-12(15)6-7-19-13/h3-9H,1-2H3,(H,16,17). The number of benzene rings is 1. The number of ether oxygens (including phenoxy) is 1. The average Bonchev–Trinajstić information content (AvgIpc) is 2.85. The first-order valence-electron chi connectivity index (χ1n) is 5.79. The summed E-state index contributed by atoms with van der Waals surface area (Å²) in [5.41, 5.74) is 1.01. The summed E-state index contributed by atoms with van der Waals surface area (Å²) in [5, 5.41) is 4.86. The first kappa shape index (κ1) is 14.1. The first-order valence-corrected chi connectivity index (χ1v) is 7.47. The molecule has 100 valence electrons. The summed E-state index contributed by atoms with van der Waals surface area (Å²) in [4.78, 5) is 12.8. The van der Waals surface area contributed by atoms with E-state index >= 15 is 0 Å². The number of nitrogens with one attached hydrogen (secondary N) is 1. The molecule has 1 aromatic carbocycles. The lowest BCUT2D eigenvalue weighted by Crippen LogP contribution is -2.26. The van der Waals surface area contributed by atoms with Crippen LogP contribution >= 0.6 is 27.3 Å². The number of halogens is 1. The van der Waals surface area contributed by atoms with Crippen LogP contribution in [0.5, 0.6) is 5.75 Å². The molecule has 1 atom stereocenters. The van der Waals surface area contributed by atoms with E-state index in [4.69, 9.17) is 4.74 Å². The number of amides is 1. The molecule has 3 nitrogen and oxygen atoms in total. The minimum Gasteiger partial charge on any atom is -0.497 e. The summed E-state index contributed by atoms with van der Waals surface area (Å²) < 4.78 is 6.01. The molecule has 0 radical (unpaired) electrons. The van der Waals surface area contributed by atoms with Gasteiger partial charge < -0.3 is 10.1 Å². The summed E-state index contributed by atoms with van der Waals surface area (Å²) in [6.07, 6.45) is 0. The van der Waals surface area contributed by atoms with Gasteiger partial charge in [0, 0.05) is 4.47 Å². The molecule has 0 saturated heterocycles. The van der Waals surface area contributed by atoms with Gasteiger partial charge in [0.2, 0.25) is 0 Å². The zero-order valence-corrected chi connectivity index (χ0v) is 13.0. The van der Waals surface area contributed by atoms with Gasteiger partial charge in [0.15, 0.2) is 0 Å². The summed E-state index contributed by atoms with van der Waals surface area (Å²) in [5.74, 6) is 0.716. The van der Waals surface area contributed by atoms with Crippen LogP contribution in [-0.2, 0) is 0 Å². The molecular weight excluding hydrogens is 326 g/mol. The Balaban J connectivity index is 2.10. The predicted octanol–water partition coefficient (Wildman–Crippen LogP) is 4.01. The minimum absolute atomic E-state index is 0.0720. The quantitative estimate of drug-likeness (QED) is 0.913. The smallest absolute Gasteiger partial charge is 0.262 e. The van der Waals surface area contributed by atoms with Crippen molar-refractivity contribution in [2.45, 2.75) is 13.0 Å². The molecule has 0 aliphatic rings. The van der Waals surface area contributed by atoms with Gasteiger partial charge in [0.05, 0.1) is 13.2 Å². The van der Waals surface area contributed by atoms with Crippen molar-refractivity contribution in [1.82, 2.24) is 5.32 Å². The van der Waals surface area contributed by atoms with E-state index in [0.717, 1.165) is 15.8 Å². The van der Waals surface area contributed by atoms with Gasteiger partial charge in [-0.1, -0.05) is 12.1 Å². The number of carbonyl (C=O) groups excluding carboxylic acids is 1. The Kier molecular flexibility index (Phi) is 4.61. The molecule has 0 aliphatic carbocycles. The fraction of sp³-hybridized carbons (Fsp3) is 0.214. The van der Waals surface area contributed by atoms with Crippen molar-refractivity contribution >= 4 is 33.2 Å². The second-order valence-electron chi connectivity index (χ2n) is 4.07. The van der Waals surface area contributed by atoms with Crippen LogP contribution in [0.2, 0.25) is 0 Å². The monoisotopic (exact) mass is 339 g/mol. The SMILES string of the molecule is COc1cccc(C(C)NC(=O)c2sccc2Br)c1. The van der Waals surface area contributed by atoms with Gasteiger partial charge in [-0.3, -0.25) is 4.79 Å². The Bertz CT molecular complexity index is 582. The van der Waals surface area contributed by atoms with Crippen LogP contribution in [0.25, 0.3) is 0 Å². The van der Waals surface area contributed by atoms with Crippen LogP contribution in [-0.4, -0.2) is 13.0 Å². The largest absolute Gasteiger partial charge is 0.497 e. The summed E-state index contributed by atoms with van der Waals surface area (Å²) in [6.45, 7) is 1.95. The second-order valence-corrected chi connectivity index (χ2v) is 5.84. The molecule has 2 aromatic rings. The van der Waals surface area contributed by atoms with Crippen molar-refractivity contribution in [2.75, 3.05) is 7.11 Å². The molecular formula is C14H14BrNO2S. The van der Waals surface area contributed by atoms with Crippen molar-refractivity contribution in [3.05, 3.63) is 50.6 Å². The van der Waals surface area contributed by atoms with E-state index in [1.54, 1.807) is 7.11 Å². The number of methoxy groups -OCH3 is 1. The molecule has 0 saturated carbocycles. The van der Waals surface area contributed by atoms with Gasteiger partial charge in [-0.25, -0.2) is 0 Å². The maximum Gasteiger partial charge on any atom is 0.262 e. The average molecular weight is 340 g/mol. The second kappa shape index (κ2) is 6.21. The zero-order chi connectivity index (χ0) is 13.8. The highest BCUT2D eigenvalue weighted by Crippen LogP contribution is 2.24. The summed E-state index contributed by atoms with van der Waals surface area (Å²) in [7, 11) is 1.63. The molecule has 0 fully saturated rings. The highest BCUT2D eigenvalue weighted by atomic mass is 79.9. The highest BCUT2D eigenvalue weighted by molar-refractivity contribution is 9.10. The van der Waals surface area contributed by atoms with E-state index in [9.17, 15) is 4.79 Å². The highest BCUT2D eigenvalue weighted by Gasteiger charge is 2.15. The maximum absolute atomic E-state index is 12.1. The van der Waals surface area contributed by atoms with Gasteiger partial charge >= 0.3 is 0 Å². The molecule has 0 spiro atoms. The van der Waals surface area contributed by atoms with Crippen molar-refractivity contribution in [3.63, 3.8) is 0 Å². The van der Waals surface area contributed by atoms with Crippen LogP contribution in [0, 0.1) is 0 Å². The molecule has 1 unspecified atom stereocenters. The number of rotatable bonds is 4. The van der Waals surface area contributed by atoms with Gasteiger partial charge in [-0.05, 0) is 52.0 Å².